The zero-order chi connectivity index (χ0) is 19.1. The first-order valence-corrected chi connectivity index (χ1v) is 10.5. The molecule has 4 nitrogen and oxygen atoms in total. The molecule has 1 aromatic heterocycles. The summed E-state index contributed by atoms with van der Waals surface area (Å²) < 4.78 is 0. The second-order valence-electron chi connectivity index (χ2n) is 5.94. The molecule has 6 heteroatoms. The number of benzene rings is 2. The summed E-state index contributed by atoms with van der Waals surface area (Å²) in [6.45, 7) is 1.89. The third-order valence-electron chi connectivity index (χ3n) is 3.84. The van der Waals surface area contributed by atoms with Crippen molar-refractivity contribution in [2.75, 3.05) is 10.6 Å². The molecule has 0 bridgehead atoms. The zero-order valence-corrected chi connectivity index (χ0v) is 16.5. The topological polar surface area (TPSA) is 58.2 Å². The molecule has 2 aromatic carbocycles. The molecule has 2 N–H and O–H groups in total. The average molecular weight is 397 g/mol. The summed E-state index contributed by atoms with van der Waals surface area (Å²) in [6.07, 6.45) is 0. The molecule has 1 unspecified atom stereocenters. The van der Waals surface area contributed by atoms with E-state index >= 15 is 0 Å². The van der Waals surface area contributed by atoms with Crippen LogP contribution in [-0.4, -0.2) is 17.1 Å². The summed E-state index contributed by atoms with van der Waals surface area (Å²) in [5.41, 5.74) is 2.51. The van der Waals surface area contributed by atoms with Crippen molar-refractivity contribution >= 4 is 46.3 Å². The molecule has 0 aliphatic rings. The van der Waals surface area contributed by atoms with E-state index in [1.54, 1.807) is 36.0 Å². The minimum Gasteiger partial charge on any atom is -0.325 e. The zero-order valence-electron chi connectivity index (χ0n) is 14.8. The van der Waals surface area contributed by atoms with E-state index in [2.05, 4.69) is 22.8 Å². The third kappa shape index (κ3) is 5.70. The maximum absolute atomic E-state index is 12.4. The number of anilines is 2. The van der Waals surface area contributed by atoms with E-state index in [1.165, 1.54) is 16.9 Å². The number of nitrogens with one attached hydrogen (secondary N) is 2. The lowest BCUT2D eigenvalue weighted by Crippen LogP contribution is -2.22. The van der Waals surface area contributed by atoms with Crippen molar-refractivity contribution in [3.8, 4) is 0 Å². The molecule has 0 aliphatic carbocycles. The fraction of sp³-hybridized carbons (Fsp3) is 0.143. The van der Waals surface area contributed by atoms with Crippen LogP contribution in [0.3, 0.4) is 0 Å². The van der Waals surface area contributed by atoms with Gasteiger partial charge in [0.2, 0.25) is 5.91 Å². The smallest absolute Gasteiger partial charge is 0.265 e. The van der Waals surface area contributed by atoms with Crippen LogP contribution in [0, 0.1) is 0 Å². The molecule has 138 valence electrons. The Kier molecular flexibility index (Phi) is 6.68. The van der Waals surface area contributed by atoms with Gasteiger partial charge in [-0.05, 0) is 42.1 Å². The molecule has 0 aliphatic heterocycles. The van der Waals surface area contributed by atoms with E-state index in [9.17, 15) is 9.59 Å². The van der Waals surface area contributed by atoms with Crippen molar-refractivity contribution in [3.05, 3.63) is 82.6 Å². The molecule has 3 rings (SSSR count). The van der Waals surface area contributed by atoms with Gasteiger partial charge in [0.15, 0.2) is 0 Å². The van der Waals surface area contributed by atoms with Gasteiger partial charge >= 0.3 is 0 Å². The van der Waals surface area contributed by atoms with Crippen LogP contribution in [0.15, 0.2) is 72.1 Å². The number of hydrogen-bond acceptors (Lipinski definition) is 4. The Morgan fingerprint density at radius 1 is 0.963 bits per heavy atom. The highest BCUT2D eigenvalue weighted by Crippen LogP contribution is 2.21. The fourth-order valence-electron chi connectivity index (χ4n) is 2.39. The van der Waals surface area contributed by atoms with Crippen molar-refractivity contribution in [1.82, 2.24) is 0 Å². The van der Waals surface area contributed by atoms with Crippen LogP contribution in [0.4, 0.5) is 11.4 Å². The number of amides is 2. The van der Waals surface area contributed by atoms with Crippen LogP contribution in [0.1, 0.15) is 22.2 Å². The summed E-state index contributed by atoms with van der Waals surface area (Å²) in [5, 5.41) is 7.44. The number of rotatable bonds is 7. The Hall–Kier alpha value is -2.57. The molecule has 27 heavy (non-hydrogen) atoms. The van der Waals surface area contributed by atoms with E-state index < -0.39 is 0 Å². The lowest BCUT2D eigenvalue weighted by atomic mass is 10.2. The van der Waals surface area contributed by atoms with E-state index in [1.807, 2.05) is 42.6 Å². The van der Waals surface area contributed by atoms with Crippen LogP contribution in [-0.2, 0) is 10.5 Å². The number of thioether (sulfide) groups is 1. The van der Waals surface area contributed by atoms with Crippen LogP contribution in [0.2, 0.25) is 0 Å². The number of carbonyl (C=O) groups excluding carboxylic acids is 2. The molecule has 3 aromatic rings. The summed E-state index contributed by atoms with van der Waals surface area (Å²) in [7, 11) is 0. The van der Waals surface area contributed by atoms with Gasteiger partial charge < -0.3 is 10.6 Å². The minimum absolute atomic E-state index is 0.0577. The molecule has 2 amide bonds. The van der Waals surface area contributed by atoms with Crippen molar-refractivity contribution in [1.29, 1.82) is 0 Å². The standard InChI is InChI=1S/C21H20N2O2S2/c1-15(27-14-16-7-3-2-4-8-16)20(24)22-17-9-5-10-18(13-17)23-21(25)19-11-6-12-26-19/h2-13,15H,14H2,1H3,(H,22,24)(H,23,25). The molecular weight excluding hydrogens is 376 g/mol. The van der Waals surface area contributed by atoms with E-state index in [4.69, 9.17) is 0 Å². The van der Waals surface area contributed by atoms with Gasteiger partial charge in [0.1, 0.15) is 0 Å². The van der Waals surface area contributed by atoms with Gasteiger partial charge in [-0.1, -0.05) is 42.5 Å². The van der Waals surface area contributed by atoms with Gasteiger partial charge in [0, 0.05) is 17.1 Å². The Bertz CT molecular complexity index is 896. The summed E-state index contributed by atoms with van der Waals surface area (Å²) in [6, 6.07) is 20.9. The van der Waals surface area contributed by atoms with Gasteiger partial charge in [-0.25, -0.2) is 0 Å². The Labute approximate surface area is 167 Å². The lowest BCUT2D eigenvalue weighted by Gasteiger charge is -2.13. The Balaban J connectivity index is 1.55. The molecule has 1 heterocycles. The molecule has 0 saturated carbocycles. The third-order valence-corrected chi connectivity index (χ3v) is 5.93. The number of carbonyl (C=O) groups is 2. The summed E-state index contributed by atoms with van der Waals surface area (Å²) in [4.78, 5) is 25.2. The Morgan fingerprint density at radius 2 is 1.70 bits per heavy atom. The van der Waals surface area contributed by atoms with E-state index in [0.717, 1.165) is 5.75 Å². The van der Waals surface area contributed by atoms with Gasteiger partial charge in [-0.2, -0.15) is 0 Å². The van der Waals surface area contributed by atoms with E-state index in [0.29, 0.717) is 16.3 Å². The van der Waals surface area contributed by atoms with Crippen molar-refractivity contribution < 1.29 is 9.59 Å². The highest BCUT2D eigenvalue weighted by molar-refractivity contribution is 7.99. The van der Waals surface area contributed by atoms with Crippen LogP contribution >= 0.6 is 23.1 Å². The van der Waals surface area contributed by atoms with E-state index in [-0.39, 0.29) is 17.1 Å². The highest BCUT2D eigenvalue weighted by atomic mass is 32.2. The Morgan fingerprint density at radius 3 is 2.41 bits per heavy atom. The first-order valence-electron chi connectivity index (χ1n) is 8.53. The van der Waals surface area contributed by atoms with Gasteiger partial charge in [0.05, 0.1) is 10.1 Å². The quantitative estimate of drug-likeness (QED) is 0.573. The van der Waals surface area contributed by atoms with Crippen molar-refractivity contribution in [2.45, 2.75) is 17.9 Å². The summed E-state index contributed by atoms with van der Waals surface area (Å²) in [5.74, 6) is 0.574. The normalized spacial score (nSPS) is 11.6. The van der Waals surface area contributed by atoms with Gasteiger partial charge in [-0.15, -0.1) is 23.1 Å². The highest BCUT2D eigenvalue weighted by Gasteiger charge is 2.14. The molecule has 0 fully saturated rings. The molecule has 0 saturated heterocycles. The molecule has 0 spiro atoms. The number of thiophene rings is 1. The predicted molar refractivity (Wildman–Crippen MR) is 115 cm³/mol. The first kappa shape index (κ1) is 19.2. The second-order valence-corrected chi connectivity index (χ2v) is 8.22. The van der Waals surface area contributed by atoms with Crippen LogP contribution in [0.5, 0.6) is 0 Å². The molecular formula is C21H20N2O2S2. The van der Waals surface area contributed by atoms with Gasteiger partial charge in [0.25, 0.3) is 5.91 Å². The minimum atomic E-state index is -0.186. The number of hydrogen-bond donors (Lipinski definition) is 2. The molecule has 1 atom stereocenters. The fourth-order valence-corrected chi connectivity index (χ4v) is 3.85. The molecule has 0 radical (unpaired) electrons. The second kappa shape index (κ2) is 9.39. The van der Waals surface area contributed by atoms with Crippen molar-refractivity contribution in [3.63, 3.8) is 0 Å². The van der Waals surface area contributed by atoms with Gasteiger partial charge in [-0.3, -0.25) is 9.59 Å². The first-order chi connectivity index (χ1) is 13.1. The summed E-state index contributed by atoms with van der Waals surface area (Å²) >= 11 is 2.98. The maximum Gasteiger partial charge on any atom is 0.265 e. The van der Waals surface area contributed by atoms with Crippen LogP contribution in [0.25, 0.3) is 0 Å². The monoisotopic (exact) mass is 396 g/mol. The average Bonchev–Trinajstić information content (AvgIpc) is 3.22. The van der Waals surface area contributed by atoms with Crippen molar-refractivity contribution in [2.24, 2.45) is 0 Å². The largest absolute Gasteiger partial charge is 0.325 e. The lowest BCUT2D eigenvalue weighted by molar-refractivity contribution is -0.115. The SMILES string of the molecule is CC(SCc1ccccc1)C(=O)Nc1cccc(NC(=O)c2cccs2)c1. The maximum atomic E-state index is 12.4. The van der Waals surface area contributed by atoms with Crippen LogP contribution < -0.4 is 10.6 Å². The predicted octanol–water partition coefficient (Wildman–Crippen LogP) is 5.26.